The third-order valence-electron chi connectivity index (χ3n) is 4.43. The van der Waals surface area contributed by atoms with Crippen LogP contribution in [0.25, 0.3) is 22.8 Å². The minimum absolute atomic E-state index is 0.272. The number of aromatic nitrogens is 5. The smallest absolute Gasteiger partial charge is 0.180 e. The number of aryl methyl sites for hydroxylation is 1. The van der Waals surface area contributed by atoms with Crippen LogP contribution < -0.4 is 5.73 Å². The molecule has 0 radical (unpaired) electrons. The monoisotopic (exact) mass is 336 g/mol. The molecule has 7 heteroatoms. The molecule has 3 aromatic rings. The SMILES string of the molecule is Cc1cc(-c2c(N)nc(-c3ccccn3)nc2C2CCOCC2)n[nH]1. The first-order valence-electron chi connectivity index (χ1n) is 8.41. The maximum atomic E-state index is 6.34. The minimum atomic E-state index is 0.272. The highest BCUT2D eigenvalue weighted by Crippen LogP contribution is 2.36. The van der Waals surface area contributed by atoms with Crippen molar-refractivity contribution in [1.29, 1.82) is 0 Å². The third kappa shape index (κ3) is 3.10. The summed E-state index contributed by atoms with van der Waals surface area (Å²) < 4.78 is 5.51. The molecule has 1 saturated heterocycles. The van der Waals surface area contributed by atoms with Gasteiger partial charge < -0.3 is 10.5 Å². The van der Waals surface area contributed by atoms with Crippen LogP contribution in [0.4, 0.5) is 5.82 Å². The molecule has 7 nitrogen and oxygen atoms in total. The van der Waals surface area contributed by atoms with Gasteiger partial charge in [-0.2, -0.15) is 5.10 Å². The van der Waals surface area contributed by atoms with E-state index in [4.69, 9.17) is 15.5 Å². The average molecular weight is 336 g/mol. The van der Waals surface area contributed by atoms with E-state index in [2.05, 4.69) is 20.2 Å². The fourth-order valence-corrected chi connectivity index (χ4v) is 3.18. The van der Waals surface area contributed by atoms with E-state index in [-0.39, 0.29) is 5.92 Å². The molecule has 0 aromatic carbocycles. The van der Waals surface area contributed by atoms with Gasteiger partial charge in [0.2, 0.25) is 0 Å². The zero-order chi connectivity index (χ0) is 17.2. The van der Waals surface area contributed by atoms with Crippen LogP contribution in [0.5, 0.6) is 0 Å². The van der Waals surface area contributed by atoms with Gasteiger partial charge >= 0.3 is 0 Å². The van der Waals surface area contributed by atoms with E-state index in [0.29, 0.717) is 17.3 Å². The summed E-state index contributed by atoms with van der Waals surface area (Å²) in [7, 11) is 0. The fourth-order valence-electron chi connectivity index (χ4n) is 3.18. The van der Waals surface area contributed by atoms with Crippen molar-refractivity contribution < 1.29 is 4.74 Å². The van der Waals surface area contributed by atoms with Crippen LogP contribution >= 0.6 is 0 Å². The van der Waals surface area contributed by atoms with Gasteiger partial charge in [0.1, 0.15) is 11.5 Å². The summed E-state index contributed by atoms with van der Waals surface area (Å²) in [6.45, 7) is 3.42. The zero-order valence-electron chi connectivity index (χ0n) is 14.1. The molecule has 1 fully saturated rings. The van der Waals surface area contributed by atoms with E-state index in [9.17, 15) is 0 Å². The number of rotatable bonds is 3. The molecule has 0 aliphatic carbocycles. The standard InChI is InChI=1S/C18H20N6O/c1-11-10-14(24-23-11)15-16(12-5-8-25-9-6-12)21-18(22-17(15)19)13-4-2-3-7-20-13/h2-4,7,10,12H,5-6,8-9H2,1H3,(H,23,24)(H2,19,21,22). The normalized spacial score (nSPS) is 15.4. The maximum Gasteiger partial charge on any atom is 0.180 e. The van der Waals surface area contributed by atoms with Gasteiger partial charge in [-0.05, 0) is 38.0 Å². The third-order valence-corrected chi connectivity index (χ3v) is 4.43. The van der Waals surface area contributed by atoms with Crippen molar-refractivity contribution in [3.63, 3.8) is 0 Å². The average Bonchev–Trinajstić information content (AvgIpc) is 3.08. The number of H-pyrrole nitrogens is 1. The Morgan fingerprint density at radius 1 is 1.16 bits per heavy atom. The highest BCUT2D eigenvalue weighted by atomic mass is 16.5. The molecule has 4 heterocycles. The van der Waals surface area contributed by atoms with Gasteiger partial charge in [-0.3, -0.25) is 10.1 Å². The Balaban J connectivity index is 1.88. The van der Waals surface area contributed by atoms with Crippen molar-refractivity contribution in [3.05, 3.63) is 41.9 Å². The quantitative estimate of drug-likeness (QED) is 0.762. The van der Waals surface area contributed by atoms with Crippen LogP contribution in [-0.4, -0.2) is 38.4 Å². The molecular formula is C18H20N6O. The number of pyridine rings is 1. The van der Waals surface area contributed by atoms with Crippen molar-refractivity contribution in [2.24, 2.45) is 0 Å². The van der Waals surface area contributed by atoms with Gasteiger partial charge in [-0.15, -0.1) is 0 Å². The van der Waals surface area contributed by atoms with Crippen LogP contribution in [0.2, 0.25) is 0 Å². The van der Waals surface area contributed by atoms with Crippen LogP contribution in [0, 0.1) is 6.92 Å². The van der Waals surface area contributed by atoms with Gasteiger partial charge in [0.15, 0.2) is 5.82 Å². The Morgan fingerprint density at radius 3 is 2.68 bits per heavy atom. The van der Waals surface area contributed by atoms with E-state index in [1.54, 1.807) is 6.20 Å². The first-order valence-corrected chi connectivity index (χ1v) is 8.41. The van der Waals surface area contributed by atoms with Gasteiger partial charge in [0.25, 0.3) is 0 Å². The molecule has 25 heavy (non-hydrogen) atoms. The molecule has 0 atom stereocenters. The Bertz CT molecular complexity index is 871. The largest absolute Gasteiger partial charge is 0.383 e. The molecular weight excluding hydrogens is 316 g/mol. The second-order valence-corrected chi connectivity index (χ2v) is 6.23. The molecule has 0 amide bonds. The summed E-state index contributed by atoms with van der Waals surface area (Å²) in [6, 6.07) is 7.65. The molecule has 3 N–H and O–H groups in total. The molecule has 0 spiro atoms. The summed E-state index contributed by atoms with van der Waals surface area (Å²) >= 11 is 0. The number of nitrogen functional groups attached to an aromatic ring is 1. The summed E-state index contributed by atoms with van der Waals surface area (Å²) in [6.07, 6.45) is 3.55. The predicted molar refractivity (Wildman–Crippen MR) is 94.8 cm³/mol. The number of anilines is 1. The highest BCUT2D eigenvalue weighted by molar-refractivity contribution is 5.75. The predicted octanol–water partition coefficient (Wildman–Crippen LogP) is 2.71. The van der Waals surface area contributed by atoms with Crippen molar-refractivity contribution in [2.45, 2.75) is 25.7 Å². The van der Waals surface area contributed by atoms with Crippen molar-refractivity contribution >= 4 is 5.82 Å². The summed E-state index contributed by atoms with van der Waals surface area (Å²) in [5, 5.41) is 7.35. The number of nitrogens with one attached hydrogen (secondary N) is 1. The molecule has 0 unspecified atom stereocenters. The molecule has 1 aliphatic rings. The first-order chi connectivity index (χ1) is 12.2. The second-order valence-electron chi connectivity index (χ2n) is 6.23. The first kappa shape index (κ1) is 15.7. The lowest BCUT2D eigenvalue weighted by Crippen LogP contribution is -2.17. The van der Waals surface area contributed by atoms with Crippen molar-refractivity contribution in [1.82, 2.24) is 25.1 Å². The second kappa shape index (κ2) is 6.60. The topological polar surface area (TPSA) is 103 Å². The molecule has 0 bridgehead atoms. The number of ether oxygens (including phenoxy) is 1. The Labute approximate surface area is 145 Å². The van der Waals surface area contributed by atoms with Crippen molar-refractivity contribution in [3.8, 4) is 22.8 Å². The lowest BCUT2D eigenvalue weighted by atomic mass is 9.91. The molecule has 0 saturated carbocycles. The lowest BCUT2D eigenvalue weighted by Gasteiger charge is -2.24. The van der Waals surface area contributed by atoms with Crippen LogP contribution in [0.1, 0.15) is 30.1 Å². The minimum Gasteiger partial charge on any atom is -0.383 e. The number of nitrogens with two attached hydrogens (primary N) is 1. The van der Waals surface area contributed by atoms with Gasteiger partial charge in [0.05, 0.1) is 17.0 Å². The lowest BCUT2D eigenvalue weighted by molar-refractivity contribution is 0.0846. The van der Waals surface area contributed by atoms with Gasteiger partial charge in [0, 0.05) is 31.0 Å². The fraction of sp³-hybridized carbons (Fsp3) is 0.333. The van der Waals surface area contributed by atoms with Gasteiger partial charge in [-0.25, -0.2) is 9.97 Å². The highest BCUT2D eigenvalue weighted by Gasteiger charge is 2.26. The van der Waals surface area contributed by atoms with E-state index >= 15 is 0 Å². The van der Waals surface area contributed by atoms with Crippen molar-refractivity contribution in [2.75, 3.05) is 18.9 Å². The molecule has 128 valence electrons. The summed E-state index contributed by atoms with van der Waals surface area (Å²) in [4.78, 5) is 13.7. The van der Waals surface area contributed by atoms with Crippen LogP contribution in [0.15, 0.2) is 30.5 Å². The molecule has 1 aliphatic heterocycles. The Kier molecular flexibility index (Phi) is 4.15. The van der Waals surface area contributed by atoms with Crippen LogP contribution in [-0.2, 0) is 4.74 Å². The Hall–Kier alpha value is -2.80. The van der Waals surface area contributed by atoms with E-state index in [1.807, 2.05) is 31.2 Å². The molecule has 4 rings (SSSR count). The zero-order valence-corrected chi connectivity index (χ0v) is 14.1. The summed E-state index contributed by atoms with van der Waals surface area (Å²) in [5.41, 5.74) is 10.6. The molecule has 3 aromatic heterocycles. The van der Waals surface area contributed by atoms with E-state index in [0.717, 1.165) is 48.7 Å². The number of hydrogen-bond donors (Lipinski definition) is 2. The number of hydrogen-bond acceptors (Lipinski definition) is 6. The maximum absolute atomic E-state index is 6.34. The summed E-state index contributed by atoms with van der Waals surface area (Å²) in [5.74, 6) is 1.26. The van der Waals surface area contributed by atoms with E-state index < -0.39 is 0 Å². The number of aromatic amines is 1. The Morgan fingerprint density at radius 2 is 2.00 bits per heavy atom. The van der Waals surface area contributed by atoms with Gasteiger partial charge in [-0.1, -0.05) is 6.07 Å². The van der Waals surface area contributed by atoms with Crippen LogP contribution in [0.3, 0.4) is 0 Å². The number of nitrogens with zero attached hydrogens (tertiary/aromatic N) is 4. The van der Waals surface area contributed by atoms with E-state index in [1.165, 1.54) is 0 Å².